The fourth-order valence-electron chi connectivity index (χ4n) is 0.778. The van der Waals surface area contributed by atoms with Crippen LogP contribution in [0.4, 0.5) is 0 Å². The van der Waals surface area contributed by atoms with E-state index in [0.29, 0.717) is 0 Å². The van der Waals surface area contributed by atoms with Crippen LogP contribution < -0.4 is 0 Å². The first-order valence-corrected chi connectivity index (χ1v) is 7.40. The van der Waals surface area contributed by atoms with Crippen LogP contribution in [0.3, 0.4) is 0 Å². The summed E-state index contributed by atoms with van der Waals surface area (Å²) in [5, 5.41) is 0. The Balaban J connectivity index is 0. The number of allylic oxidation sites excluding steroid dienone is 4. The van der Waals surface area contributed by atoms with Crippen molar-refractivity contribution in [3.05, 3.63) is 24.3 Å². The highest BCUT2D eigenvalue weighted by Gasteiger charge is 1.76. The van der Waals surface area contributed by atoms with Crippen LogP contribution >= 0.6 is 0 Å². The van der Waals surface area contributed by atoms with Gasteiger partial charge in [0.15, 0.2) is 0 Å². The third-order valence-electron chi connectivity index (χ3n) is 1.35. The summed E-state index contributed by atoms with van der Waals surface area (Å²) in [7, 11) is 5.46. The van der Waals surface area contributed by atoms with Crippen molar-refractivity contribution < 1.29 is 17.7 Å². The summed E-state index contributed by atoms with van der Waals surface area (Å²) in [6.07, 6.45) is 11.0. The van der Waals surface area contributed by atoms with E-state index in [1.165, 1.54) is 0 Å². The molecular weight excluding hydrogens is 240 g/mol. The molecule has 0 aromatic rings. The van der Waals surface area contributed by atoms with Crippen molar-refractivity contribution in [2.24, 2.45) is 0 Å². The molecular formula is C10H24O4Si2. The van der Waals surface area contributed by atoms with Crippen molar-refractivity contribution in [3.8, 4) is 0 Å². The Hall–Kier alpha value is -0.246. The molecule has 6 heteroatoms. The fourth-order valence-corrected chi connectivity index (χ4v) is 1.25. The lowest BCUT2D eigenvalue weighted by molar-refractivity contribution is 0.309. The van der Waals surface area contributed by atoms with Crippen molar-refractivity contribution in [1.29, 1.82) is 0 Å². The molecule has 0 amide bonds. The highest BCUT2D eigenvalue weighted by atomic mass is 28.3. The first-order valence-electron chi connectivity index (χ1n) is 5.09. The standard InChI is InChI=1S/C6H8.2C2H8O2Si/c1-2-4-6-5-3-1;2*1-3-5-4-2/h1-2,5-6H,3-4H2;2*5H2,1-2H3. The summed E-state index contributed by atoms with van der Waals surface area (Å²) >= 11 is 0. The first-order chi connectivity index (χ1) is 7.83. The molecule has 0 spiro atoms. The molecule has 1 aliphatic rings. The summed E-state index contributed by atoms with van der Waals surface area (Å²) in [5.74, 6) is 0. The molecule has 0 N–H and O–H groups in total. The van der Waals surface area contributed by atoms with Gasteiger partial charge >= 0.3 is 20.0 Å². The summed E-state index contributed by atoms with van der Waals surface area (Å²) in [6, 6.07) is 0. The maximum atomic E-state index is 4.61. The van der Waals surface area contributed by atoms with Gasteiger partial charge in [-0.3, -0.25) is 0 Å². The van der Waals surface area contributed by atoms with E-state index in [0.717, 1.165) is 12.8 Å². The van der Waals surface area contributed by atoms with Gasteiger partial charge < -0.3 is 17.7 Å². The fraction of sp³-hybridized carbons (Fsp3) is 0.600. The Bertz CT molecular complexity index is 133. The van der Waals surface area contributed by atoms with E-state index >= 15 is 0 Å². The quantitative estimate of drug-likeness (QED) is 0.546. The average molecular weight is 264 g/mol. The SMILES string of the molecule is C1=CCC=CC1.CO[SiH2]OC.CO[SiH2]OC. The molecule has 1 rings (SSSR count). The smallest absolute Gasteiger partial charge is 0.303 e. The third kappa shape index (κ3) is 23.5. The molecule has 0 fully saturated rings. The molecule has 1 aliphatic carbocycles. The van der Waals surface area contributed by atoms with Crippen molar-refractivity contribution in [1.82, 2.24) is 0 Å². The van der Waals surface area contributed by atoms with Crippen LogP contribution in [-0.2, 0) is 17.7 Å². The van der Waals surface area contributed by atoms with Gasteiger partial charge in [0.1, 0.15) is 0 Å². The first kappa shape index (κ1) is 18.1. The van der Waals surface area contributed by atoms with Crippen LogP contribution in [0.5, 0.6) is 0 Å². The second-order valence-corrected chi connectivity index (χ2v) is 5.59. The highest BCUT2D eigenvalue weighted by Crippen LogP contribution is 1.97. The molecule has 0 atom stereocenters. The molecule has 0 aliphatic heterocycles. The Kier molecular flexibility index (Phi) is 22.9. The maximum absolute atomic E-state index is 4.61. The van der Waals surface area contributed by atoms with Crippen LogP contribution in [0, 0.1) is 0 Å². The minimum absolute atomic E-state index is 0.568. The molecule has 0 aromatic carbocycles. The Morgan fingerprint density at radius 2 is 0.875 bits per heavy atom. The highest BCUT2D eigenvalue weighted by molar-refractivity contribution is 6.17. The second-order valence-electron chi connectivity index (χ2n) is 2.80. The molecule has 0 saturated carbocycles. The average Bonchev–Trinajstić information content (AvgIpc) is 2.35. The normalized spacial score (nSPS) is 12.2. The predicted molar refractivity (Wildman–Crippen MR) is 72.6 cm³/mol. The van der Waals surface area contributed by atoms with Crippen LogP contribution in [0.2, 0.25) is 0 Å². The Labute approximate surface area is 104 Å². The number of hydrogen-bond donors (Lipinski definition) is 0. The summed E-state index contributed by atoms with van der Waals surface area (Å²) < 4.78 is 18.4. The molecule has 0 saturated heterocycles. The molecule has 0 heterocycles. The van der Waals surface area contributed by atoms with Gasteiger partial charge in [0.2, 0.25) is 0 Å². The van der Waals surface area contributed by atoms with Crippen molar-refractivity contribution in [3.63, 3.8) is 0 Å². The van der Waals surface area contributed by atoms with Crippen LogP contribution in [0.15, 0.2) is 24.3 Å². The molecule has 4 nitrogen and oxygen atoms in total. The summed E-state index contributed by atoms with van der Waals surface area (Å²) in [6.45, 7) is 0. The van der Waals surface area contributed by atoms with E-state index in [9.17, 15) is 0 Å². The van der Waals surface area contributed by atoms with Crippen molar-refractivity contribution in [2.45, 2.75) is 12.8 Å². The maximum Gasteiger partial charge on any atom is 0.303 e. The van der Waals surface area contributed by atoms with Crippen molar-refractivity contribution in [2.75, 3.05) is 28.4 Å². The van der Waals surface area contributed by atoms with Crippen LogP contribution in [0.1, 0.15) is 12.8 Å². The van der Waals surface area contributed by atoms with E-state index in [1.54, 1.807) is 28.4 Å². The van der Waals surface area contributed by atoms with Gasteiger partial charge in [-0.15, -0.1) is 0 Å². The Morgan fingerprint density at radius 3 is 0.938 bits per heavy atom. The molecule has 16 heavy (non-hydrogen) atoms. The number of hydrogen-bond acceptors (Lipinski definition) is 4. The van der Waals surface area contributed by atoms with Gasteiger partial charge in [0, 0.05) is 28.4 Å². The van der Waals surface area contributed by atoms with Crippen LogP contribution in [0.25, 0.3) is 0 Å². The van der Waals surface area contributed by atoms with Gasteiger partial charge in [0.25, 0.3) is 0 Å². The molecule has 0 radical (unpaired) electrons. The third-order valence-corrected chi connectivity index (χ3v) is 2.29. The molecule has 0 aromatic heterocycles. The zero-order chi connectivity index (χ0) is 12.5. The van der Waals surface area contributed by atoms with Gasteiger partial charge in [-0.25, -0.2) is 0 Å². The van der Waals surface area contributed by atoms with E-state index < -0.39 is 20.0 Å². The summed E-state index contributed by atoms with van der Waals surface area (Å²) in [4.78, 5) is 0. The summed E-state index contributed by atoms with van der Waals surface area (Å²) in [5.41, 5.74) is 0. The largest absolute Gasteiger partial charge is 0.402 e. The lowest BCUT2D eigenvalue weighted by Gasteiger charge is -1.87. The molecule has 0 bridgehead atoms. The lowest BCUT2D eigenvalue weighted by Crippen LogP contribution is -1.93. The predicted octanol–water partition coefficient (Wildman–Crippen LogP) is 0.449. The minimum atomic E-state index is -0.568. The molecule has 96 valence electrons. The van der Waals surface area contributed by atoms with Crippen molar-refractivity contribution >= 4 is 20.0 Å². The Morgan fingerprint density at radius 1 is 0.625 bits per heavy atom. The van der Waals surface area contributed by atoms with Gasteiger partial charge in [0.05, 0.1) is 0 Å². The van der Waals surface area contributed by atoms with Gasteiger partial charge in [-0.05, 0) is 12.8 Å². The van der Waals surface area contributed by atoms with Gasteiger partial charge in [-0.1, -0.05) is 24.3 Å². The van der Waals surface area contributed by atoms with E-state index in [4.69, 9.17) is 0 Å². The monoisotopic (exact) mass is 264 g/mol. The van der Waals surface area contributed by atoms with Gasteiger partial charge in [-0.2, -0.15) is 0 Å². The zero-order valence-corrected chi connectivity index (χ0v) is 13.6. The second kappa shape index (κ2) is 20.2. The lowest BCUT2D eigenvalue weighted by atomic mass is 10.2. The van der Waals surface area contributed by atoms with E-state index in [1.807, 2.05) is 0 Å². The minimum Gasteiger partial charge on any atom is -0.402 e. The van der Waals surface area contributed by atoms with Crippen LogP contribution in [-0.4, -0.2) is 48.5 Å². The number of rotatable bonds is 4. The molecule has 0 unspecified atom stereocenters. The topological polar surface area (TPSA) is 36.9 Å². The van der Waals surface area contributed by atoms with E-state index in [-0.39, 0.29) is 0 Å². The zero-order valence-electron chi connectivity index (χ0n) is 10.8. The van der Waals surface area contributed by atoms with E-state index in [2.05, 4.69) is 42.0 Å².